The van der Waals surface area contributed by atoms with Gasteiger partial charge < -0.3 is 4.74 Å². The van der Waals surface area contributed by atoms with Gasteiger partial charge in [-0.2, -0.15) is 0 Å². The van der Waals surface area contributed by atoms with Gasteiger partial charge in [0.05, 0.1) is 18.1 Å². The van der Waals surface area contributed by atoms with E-state index < -0.39 is 0 Å². The maximum atomic E-state index is 11.8. The summed E-state index contributed by atoms with van der Waals surface area (Å²) < 4.78 is 5.54. The lowest BCUT2D eigenvalue weighted by molar-refractivity contribution is -0.125. The molecule has 13 heavy (non-hydrogen) atoms. The molecule has 0 spiro atoms. The number of carbonyl (C=O) groups is 1. The Kier molecular flexibility index (Phi) is 1.88. The first-order valence-corrected chi connectivity index (χ1v) is 4.67. The first-order valence-electron chi connectivity index (χ1n) is 4.67. The molecule has 1 saturated heterocycles. The molecule has 70 valence electrons. The molecule has 0 N–H and O–H groups in total. The minimum absolute atomic E-state index is 0.00213. The highest BCUT2D eigenvalue weighted by molar-refractivity contribution is 5.87. The van der Waals surface area contributed by atoms with Crippen molar-refractivity contribution in [3.8, 4) is 0 Å². The smallest absolute Gasteiger partial charge is 0.145 e. The second-order valence-electron chi connectivity index (χ2n) is 4.02. The number of hydrogen-bond acceptors (Lipinski definition) is 2. The van der Waals surface area contributed by atoms with Crippen molar-refractivity contribution in [3.05, 3.63) is 24.3 Å². The van der Waals surface area contributed by atoms with Gasteiger partial charge in [0.1, 0.15) is 5.78 Å². The van der Waals surface area contributed by atoms with E-state index in [4.69, 9.17) is 4.74 Å². The minimum atomic E-state index is -0.0880. The van der Waals surface area contributed by atoms with E-state index in [1.165, 1.54) is 0 Å². The van der Waals surface area contributed by atoms with Crippen LogP contribution in [0.1, 0.15) is 13.8 Å². The first kappa shape index (κ1) is 8.70. The zero-order chi connectivity index (χ0) is 9.59. The fraction of sp³-hybridized carbons (Fsp3) is 0.545. The van der Waals surface area contributed by atoms with Gasteiger partial charge in [0.15, 0.2) is 0 Å². The van der Waals surface area contributed by atoms with E-state index >= 15 is 0 Å². The van der Waals surface area contributed by atoms with Crippen LogP contribution >= 0.6 is 0 Å². The number of Topliss-reactive ketones (excluding diaryl/α,β-unsaturated/α-hetero) is 1. The van der Waals surface area contributed by atoms with Gasteiger partial charge in [-0.15, -0.1) is 0 Å². The van der Waals surface area contributed by atoms with E-state index in [2.05, 4.69) is 6.58 Å². The summed E-state index contributed by atoms with van der Waals surface area (Å²) in [5, 5.41) is 0. The summed E-state index contributed by atoms with van der Waals surface area (Å²) in [5.41, 5.74) is 0.936. The molecular weight excluding hydrogens is 164 g/mol. The molecule has 3 atom stereocenters. The van der Waals surface area contributed by atoms with E-state index in [1.54, 1.807) is 0 Å². The Bertz CT molecular complexity index is 288. The van der Waals surface area contributed by atoms with Crippen LogP contribution in [0.4, 0.5) is 0 Å². The second-order valence-corrected chi connectivity index (χ2v) is 4.02. The van der Waals surface area contributed by atoms with Crippen molar-refractivity contribution >= 4 is 5.78 Å². The second kappa shape index (κ2) is 2.81. The summed E-state index contributed by atoms with van der Waals surface area (Å²) in [6.45, 7) is 7.77. The monoisotopic (exact) mass is 178 g/mol. The molecule has 0 saturated carbocycles. The SMILES string of the molecule is C=C1C2C=CC(O2)C1C(=O)C(C)C. The Hall–Kier alpha value is -0.890. The van der Waals surface area contributed by atoms with Crippen LogP contribution in [-0.4, -0.2) is 18.0 Å². The van der Waals surface area contributed by atoms with Gasteiger partial charge in [0.2, 0.25) is 0 Å². The predicted octanol–water partition coefficient (Wildman–Crippen LogP) is 1.72. The van der Waals surface area contributed by atoms with Crippen LogP contribution < -0.4 is 0 Å². The molecule has 2 aliphatic heterocycles. The average Bonchev–Trinajstić information content (AvgIpc) is 2.62. The lowest BCUT2D eigenvalue weighted by atomic mass is 9.82. The molecule has 2 heteroatoms. The normalized spacial score (nSPS) is 36.2. The molecule has 0 amide bonds. The maximum absolute atomic E-state index is 11.8. The number of fused-ring (bicyclic) bond motifs is 2. The molecule has 2 rings (SSSR count). The Balaban J connectivity index is 2.22. The molecule has 0 aromatic carbocycles. The van der Waals surface area contributed by atoms with Crippen LogP contribution in [0.15, 0.2) is 24.3 Å². The third kappa shape index (κ3) is 1.17. The summed E-state index contributed by atoms with van der Waals surface area (Å²) in [5.74, 6) is 0.231. The molecule has 2 aliphatic rings. The highest BCUT2D eigenvalue weighted by Gasteiger charge is 2.44. The van der Waals surface area contributed by atoms with Gasteiger partial charge >= 0.3 is 0 Å². The largest absolute Gasteiger partial charge is 0.361 e. The van der Waals surface area contributed by atoms with Gasteiger partial charge in [0, 0.05) is 5.92 Å². The van der Waals surface area contributed by atoms with Crippen LogP contribution in [0.5, 0.6) is 0 Å². The van der Waals surface area contributed by atoms with Crippen LogP contribution in [0, 0.1) is 11.8 Å². The number of ether oxygens (including phenoxy) is 1. The minimum Gasteiger partial charge on any atom is -0.361 e. The van der Waals surface area contributed by atoms with Crippen LogP contribution in [-0.2, 0) is 9.53 Å². The number of carbonyl (C=O) groups excluding carboxylic acids is 1. The Morgan fingerprint density at radius 3 is 2.69 bits per heavy atom. The van der Waals surface area contributed by atoms with Crippen molar-refractivity contribution in [2.75, 3.05) is 0 Å². The van der Waals surface area contributed by atoms with Crippen molar-refractivity contribution in [1.82, 2.24) is 0 Å². The van der Waals surface area contributed by atoms with Gasteiger partial charge in [-0.05, 0) is 5.57 Å². The van der Waals surface area contributed by atoms with E-state index in [9.17, 15) is 4.79 Å². The van der Waals surface area contributed by atoms with Gasteiger partial charge in [-0.1, -0.05) is 32.6 Å². The fourth-order valence-corrected chi connectivity index (χ4v) is 1.96. The van der Waals surface area contributed by atoms with Crippen LogP contribution in [0.3, 0.4) is 0 Å². The molecule has 0 aromatic rings. The van der Waals surface area contributed by atoms with Crippen molar-refractivity contribution in [2.45, 2.75) is 26.1 Å². The van der Waals surface area contributed by atoms with E-state index in [0.717, 1.165) is 5.57 Å². The topological polar surface area (TPSA) is 26.3 Å². The van der Waals surface area contributed by atoms with Crippen molar-refractivity contribution in [1.29, 1.82) is 0 Å². The van der Waals surface area contributed by atoms with Crippen LogP contribution in [0.2, 0.25) is 0 Å². The zero-order valence-corrected chi connectivity index (χ0v) is 7.99. The molecular formula is C11H14O2. The number of rotatable bonds is 2. The molecule has 2 bridgehead atoms. The van der Waals surface area contributed by atoms with Crippen LogP contribution in [0.25, 0.3) is 0 Å². The predicted molar refractivity (Wildman–Crippen MR) is 50.3 cm³/mol. The third-order valence-electron chi connectivity index (χ3n) is 2.75. The summed E-state index contributed by atoms with van der Waals surface area (Å²) in [7, 11) is 0. The molecule has 2 nitrogen and oxygen atoms in total. The quantitative estimate of drug-likeness (QED) is 0.602. The Morgan fingerprint density at radius 2 is 2.23 bits per heavy atom. The molecule has 0 radical (unpaired) electrons. The lowest BCUT2D eigenvalue weighted by Crippen LogP contribution is -2.28. The maximum Gasteiger partial charge on any atom is 0.145 e. The molecule has 2 heterocycles. The summed E-state index contributed by atoms with van der Waals surface area (Å²) in [6, 6.07) is 0. The average molecular weight is 178 g/mol. The molecule has 3 unspecified atom stereocenters. The number of hydrogen-bond donors (Lipinski definition) is 0. The summed E-state index contributed by atoms with van der Waals surface area (Å²) in [4.78, 5) is 11.8. The molecule has 0 aliphatic carbocycles. The van der Waals surface area contributed by atoms with Gasteiger partial charge in [-0.3, -0.25) is 4.79 Å². The highest BCUT2D eigenvalue weighted by Crippen LogP contribution is 2.38. The fourth-order valence-electron chi connectivity index (χ4n) is 1.96. The molecule has 1 fully saturated rings. The summed E-state index contributed by atoms with van der Waals surface area (Å²) >= 11 is 0. The van der Waals surface area contributed by atoms with Gasteiger partial charge in [-0.25, -0.2) is 0 Å². The van der Waals surface area contributed by atoms with E-state index in [0.29, 0.717) is 0 Å². The summed E-state index contributed by atoms with van der Waals surface area (Å²) in [6.07, 6.45) is 3.92. The third-order valence-corrected chi connectivity index (χ3v) is 2.75. The number of ketones is 1. The van der Waals surface area contributed by atoms with E-state index in [1.807, 2.05) is 26.0 Å². The standard InChI is InChI=1S/C11H14O2/c1-6(2)11(12)10-7(3)8-4-5-9(10)13-8/h4-6,8-10H,3H2,1-2H3. The van der Waals surface area contributed by atoms with Crippen molar-refractivity contribution < 1.29 is 9.53 Å². The Labute approximate surface area is 78.3 Å². The Morgan fingerprint density at radius 1 is 1.54 bits per heavy atom. The van der Waals surface area contributed by atoms with E-state index in [-0.39, 0.29) is 29.8 Å². The first-order chi connectivity index (χ1) is 6.11. The molecule has 0 aromatic heterocycles. The van der Waals surface area contributed by atoms with Gasteiger partial charge in [0.25, 0.3) is 0 Å². The highest BCUT2D eigenvalue weighted by atomic mass is 16.5. The van der Waals surface area contributed by atoms with Crippen molar-refractivity contribution in [3.63, 3.8) is 0 Å². The lowest BCUT2D eigenvalue weighted by Gasteiger charge is -2.17. The van der Waals surface area contributed by atoms with Crippen molar-refractivity contribution in [2.24, 2.45) is 11.8 Å². The zero-order valence-electron chi connectivity index (χ0n) is 7.99.